The topological polar surface area (TPSA) is 78.7 Å². The summed E-state index contributed by atoms with van der Waals surface area (Å²) < 4.78 is 13.6. The predicted octanol–water partition coefficient (Wildman–Crippen LogP) is 2.07. The van der Waals surface area contributed by atoms with Crippen molar-refractivity contribution in [2.75, 3.05) is 0 Å². The molecule has 1 aromatic carbocycles. The third kappa shape index (κ3) is 3.28. The Hall–Kier alpha value is -2.52. The summed E-state index contributed by atoms with van der Waals surface area (Å²) in [4.78, 5) is 19.3. The zero-order valence-electron chi connectivity index (χ0n) is 10.1. The number of carbonyl (C=O) groups is 1. The smallest absolute Gasteiger partial charge is 0.271 e. The number of halogens is 2. The average molecular weight is 291 g/mol. The van der Waals surface area contributed by atoms with Gasteiger partial charge in [-0.2, -0.15) is 5.26 Å². The van der Waals surface area contributed by atoms with Crippen molar-refractivity contribution in [1.82, 2.24) is 15.3 Å². The summed E-state index contributed by atoms with van der Waals surface area (Å²) in [5.41, 5.74) is 0.539. The lowest BCUT2D eigenvalue weighted by Gasteiger charge is -2.06. The van der Waals surface area contributed by atoms with Gasteiger partial charge in [0.15, 0.2) is 0 Å². The van der Waals surface area contributed by atoms with Crippen molar-refractivity contribution in [3.63, 3.8) is 0 Å². The predicted molar refractivity (Wildman–Crippen MR) is 69.3 cm³/mol. The van der Waals surface area contributed by atoms with Gasteiger partial charge in [-0.15, -0.1) is 0 Å². The first kappa shape index (κ1) is 13.9. The second-order valence-electron chi connectivity index (χ2n) is 3.83. The summed E-state index contributed by atoms with van der Waals surface area (Å²) in [6, 6.07) is 5.86. The number of nitrogens with one attached hydrogen (secondary N) is 1. The molecule has 1 aromatic heterocycles. The summed E-state index contributed by atoms with van der Waals surface area (Å²) in [5.74, 6) is -1.06. The molecule has 0 saturated heterocycles. The molecule has 5 nitrogen and oxygen atoms in total. The number of nitriles is 1. The van der Waals surface area contributed by atoms with E-state index in [0.29, 0.717) is 0 Å². The standard InChI is InChI=1S/C13H8ClFN4O/c14-12-7-17-6-11(19-12)13(20)18-5-9-2-1-8(4-16)3-10(9)15/h1-3,6-7H,5H2,(H,18,20). The van der Waals surface area contributed by atoms with Gasteiger partial charge < -0.3 is 5.32 Å². The first-order chi connectivity index (χ1) is 9.60. The van der Waals surface area contributed by atoms with Crippen LogP contribution in [0.2, 0.25) is 5.15 Å². The van der Waals surface area contributed by atoms with Gasteiger partial charge in [0.2, 0.25) is 0 Å². The molecule has 0 aliphatic heterocycles. The Balaban J connectivity index is 2.06. The summed E-state index contributed by atoms with van der Waals surface area (Å²) in [7, 11) is 0. The second kappa shape index (κ2) is 6.08. The SMILES string of the molecule is N#Cc1ccc(CNC(=O)c2cncc(Cl)n2)c(F)c1. The van der Waals surface area contributed by atoms with Crippen LogP contribution in [0.15, 0.2) is 30.6 Å². The average Bonchev–Trinajstić information content (AvgIpc) is 2.45. The largest absolute Gasteiger partial charge is 0.346 e. The van der Waals surface area contributed by atoms with Crippen LogP contribution in [0.1, 0.15) is 21.6 Å². The molecule has 0 radical (unpaired) electrons. The summed E-state index contributed by atoms with van der Waals surface area (Å²) in [6.07, 6.45) is 2.56. The van der Waals surface area contributed by atoms with Gasteiger partial charge in [0.25, 0.3) is 5.91 Å². The van der Waals surface area contributed by atoms with Gasteiger partial charge in [-0.1, -0.05) is 17.7 Å². The monoisotopic (exact) mass is 290 g/mol. The second-order valence-corrected chi connectivity index (χ2v) is 4.21. The number of carbonyl (C=O) groups excluding carboxylic acids is 1. The van der Waals surface area contributed by atoms with Gasteiger partial charge in [0.05, 0.1) is 24.0 Å². The molecule has 2 rings (SSSR count). The maximum absolute atomic E-state index is 13.6. The number of nitrogens with zero attached hydrogens (tertiary/aromatic N) is 3. The van der Waals surface area contributed by atoms with Crippen molar-refractivity contribution in [3.8, 4) is 6.07 Å². The van der Waals surface area contributed by atoms with Crippen LogP contribution in [0, 0.1) is 17.1 Å². The Morgan fingerprint density at radius 1 is 1.45 bits per heavy atom. The zero-order chi connectivity index (χ0) is 14.5. The van der Waals surface area contributed by atoms with Crippen LogP contribution < -0.4 is 5.32 Å². The van der Waals surface area contributed by atoms with Gasteiger partial charge in [-0.25, -0.2) is 9.37 Å². The van der Waals surface area contributed by atoms with Crippen molar-refractivity contribution < 1.29 is 9.18 Å². The molecular formula is C13H8ClFN4O. The van der Waals surface area contributed by atoms with Crippen molar-refractivity contribution in [3.05, 3.63) is 58.4 Å². The van der Waals surface area contributed by atoms with E-state index in [2.05, 4.69) is 15.3 Å². The van der Waals surface area contributed by atoms with E-state index < -0.39 is 11.7 Å². The van der Waals surface area contributed by atoms with E-state index in [0.717, 1.165) is 6.07 Å². The van der Waals surface area contributed by atoms with Crippen LogP contribution >= 0.6 is 11.6 Å². The van der Waals surface area contributed by atoms with E-state index >= 15 is 0 Å². The van der Waals surface area contributed by atoms with E-state index in [9.17, 15) is 9.18 Å². The van der Waals surface area contributed by atoms with Gasteiger partial charge >= 0.3 is 0 Å². The van der Waals surface area contributed by atoms with Crippen LogP contribution in [0.5, 0.6) is 0 Å². The minimum Gasteiger partial charge on any atom is -0.346 e. The fraction of sp³-hybridized carbons (Fsp3) is 0.0769. The highest BCUT2D eigenvalue weighted by Crippen LogP contribution is 2.10. The Morgan fingerprint density at radius 3 is 2.90 bits per heavy atom. The molecule has 1 heterocycles. The Morgan fingerprint density at radius 2 is 2.25 bits per heavy atom. The van der Waals surface area contributed by atoms with Crippen molar-refractivity contribution in [2.24, 2.45) is 0 Å². The number of hydrogen-bond donors (Lipinski definition) is 1. The normalized spacial score (nSPS) is 9.85. The van der Waals surface area contributed by atoms with E-state index in [1.165, 1.54) is 24.5 Å². The summed E-state index contributed by atoms with van der Waals surface area (Å²) >= 11 is 5.62. The van der Waals surface area contributed by atoms with Crippen LogP contribution in [-0.2, 0) is 6.54 Å². The van der Waals surface area contributed by atoms with Gasteiger partial charge in [-0.3, -0.25) is 9.78 Å². The van der Waals surface area contributed by atoms with Crippen molar-refractivity contribution >= 4 is 17.5 Å². The molecule has 2 aromatic rings. The minimum absolute atomic E-state index is 0.0232. The fourth-order valence-electron chi connectivity index (χ4n) is 1.48. The Kier molecular flexibility index (Phi) is 4.23. The molecule has 1 amide bonds. The van der Waals surface area contributed by atoms with E-state index in [1.807, 2.05) is 6.07 Å². The van der Waals surface area contributed by atoms with Gasteiger partial charge in [-0.05, 0) is 12.1 Å². The third-order valence-corrected chi connectivity index (χ3v) is 2.64. The molecule has 7 heteroatoms. The molecule has 0 bridgehead atoms. The van der Waals surface area contributed by atoms with Crippen LogP contribution in [0.25, 0.3) is 0 Å². The molecule has 0 atom stereocenters. The molecular weight excluding hydrogens is 283 g/mol. The maximum Gasteiger partial charge on any atom is 0.271 e. The lowest BCUT2D eigenvalue weighted by atomic mass is 10.1. The quantitative estimate of drug-likeness (QED) is 0.938. The number of benzene rings is 1. The van der Waals surface area contributed by atoms with E-state index in [-0.39, 0.29) is 28.5 Å². The summed E-state index contributed by atoms with van der Waals surface area (Å²) in [5, 5.41) is 11.2. The van der Waals surface area contributed by atoms with Crippen molar-refractivity contribution in [1.29, 1.82) is 5.26 Å². The lowest BCUT2D eigenvalue weighted by Crippen LogP contribution is -2.24. The van der Waals surface area contributed by atoms with Crippen LogP contribution in [-0.4, -0.2) is 15.9 Å². The maximum atomic E-state index is 13.6. The van der Waals surface area contributed by atoms with Crippen LogP contribution in [0.3, 0.4) is 0 Å². The molecule has 100 valence electrons. The number of aromatic nitrogens is 2. The van der Waals surface area contributed by atoms with Crippen molar-refractivity contribution in [2.45, 2.75) is 6.54 Å². The highest BCUT2D eigenvalue weighted by Gasteiger charge is 2.10. The minimum atomic E-state index is -0.554. The first-order valence-electron chi connectivity index (χ1n) is 5.54. The van der Waals surface area contributed by atoms with Gasteiger partial charge in [0.1, 0.15) is 16.7 Å². The Bertz CT molecular complexity index is 699. The first-order valence-corrected chi connectivity index (χ1v) is 5.92. The third-order valence-electron chi connectivity index (χ3n) is 2.46. The zero-order valence-corrected chi connectivity index (χ0v) is 10.9. The molecule has 1 N–H and O–H groups in total. The van der Waals surface area contributed by atoms with Gasteiger partial charge in [0, 0.05) is 12.1 Å². The molecule has 0 fully saturated rings. The molecule has 0 aliphatic carbocycles. The van der Waals surface area contributed by atoms with E-state index in [4.69, 9.17) is 16.9 Å². The highest BCUT2D eigenvalue weighted by atomic mass is 35.5. The highest BCUT2D eigenvalue weighted by molar-refractivity contribution is 6.29. The molecule has 0 aliphatic rings. The lowest BCUT2D eigenvalue weighted by molar-refractivity contribution is 0.0945. The molecule has 0 unspecified atom stereocenters. The Labute approximate surface area is 119 Å². The fourth-order valence-corrected chi connectivity index (χ4v) is 1.63. The summed E-state index contributed by atoms with van der Waals surface area (Å²) in [6.45, 7) is -0.0232. The molecule has 0 spiro atoms. The van der Waals surface area contributed by atoms with E-state index in [1.54, 1.807) is 0 Å². The molecule has 0 saturated carbocycles. The molecule has 20 heavy (non-hydrogen) atoms. The number of rotatable bonds is 3. The van der Waals surface area contributed by atoms with Crippen LogP contribution in [0.4, 0.5) is 4.39 Å². The number of amides is 1. The number of hydrogen-bond acceptors (Lipinski definition) is 4.